The lowest BCUT2D eigenvalue weighted by Crippen LogP contribution is -1.99. The van der Waals surface area contributed by atoms with Crippen LogP contribution < -0.4 is 9.47 Å². The summed E-state index contributed by atoms with van der Waals surface area (Å²) in [5.41, 5.74) is 2.76. The van der Waals surface area contributed by atoms with E-state index in [0.717, 1.165) is 28.2 Å². The van der Waals surface area contributed by atoms with Crippen LogP contribution in [0.4, 0.5) is 0 Å². The van der Waals surface area contributed by atoms with E-state index in [0.29, 0.717) is 0 Å². The predicted molar refractivity (Wildman–Crippen MR) is 100 cm³/mol. The van der Waals surface area contributed by atoms with Gasteiger partial charge in [0, 0.05) is 5.56 Å². The molecule has 0 fully saturated rings. The maximum absolute atomic E-state index is 5.73. The Morgan fingerprint density at radius 3 is 2.27 bits per heavy atom. The van der Waals surface area contributed by atoms with E-state index in [1.54, 1.807) is 0 Å². The zero-order chi connectivity index (χ0) is 18.1. The van der Waals surface area contributed by atoms with Crippen LogP contribution >= 0.6 is 34.8 Å². The average Bonchev–Trinajstić information content (AvgIpc) is 3.29. The molecule has 5 nitrogen and oxygen atoms in total. The van der Waals surface area contributed by atoms with E-state index < -0.39 is 3.79 Å². The third-order valence-electron chi connectivity index (χ3n) is 3.69. The SMILES string of the molecule is ClC(Cl)(Cl)c1nnc(-c2ccc(/C=C/c3ccc4c(c3)OCO4)cc2)o1. The molecule has 2 aromatic carbocycles. The molecular formula is C18H11Cl3N2O3. The van der Waals surface area contributed by atoms with Crippen molar-refractivity contribution in [1.29, 1.82) is 0 Å². The molecule has 1 aliphatic rings. The Hall–Kier alpha value is -2.21. The van der Waals surface area contributed by atoms with Gasteiger partial charge < -0.3 is 13.9 Å². The molecule has 26 heavy (non-hydrogen) atoms. The molecule has 8 heteroatoms. The molecule has 1 aliphatic heterocycles. The largest absolute Gasteiger partial charge is 0.454 e. The number of alkyl halides is 3. The molecule has 0 saturated carbocycles. The van der Waals surface area contributed by atoms with E-state index >= 15 is 0 Å². The second-order valence-corrected chi connectivity index (χ2v) is 7.76. The van der Waals surface area contributed by atoms with Gasteiger partial charge in [0.1, 0.15) is 0 Å². The van der Waals surface area contributed by atoms with Crippen LogP contribution in [0.3, 0.4) is 0 Å². The second kappa shape index (κ2) is 6.83. The van der Waals surface area contributed by atoms with Crippen LogP contribution in [0.15, 0.2) is 46.9 Å². The van der Waals surface area contributed by atoms with Gasteiger partial charge in [0.15, 0.2) is 11.5 Å². The van der Waals surface area contributed by atoms with E-state index in [2.05, 4.69) is 10.2 Å². The molecule has 0 aliphatic carbocycles. The monoisotopic (exact) mass is 408 g/mol. The van der Waals surface area contributed by atoms with Crippen molar-refractivity contribution in [2.24, 2.45) is 0 Å². The van der Waals surface area contributed by atoms with Gasteiger partial charge in [-0.15, -0.1) is 10.2 Å². The molecule has 0 amide bonds. The van der Waals surface area contributed by atoms with Gasteiger partial charge in [0.05, 0.1) is 0 Å². The van der Waals surface area contributed by atoms with Crippen molar-refractivity contribution in [3.05, 3.63) is 59.5 Å². The summed E-state index contributed by atoms with van der Waals surface area (Å²) in [5.74, 6) is 1.74. The zero-order valence-corrected chi connectivity index (χ0v) is 15.4. The molecule has 0 radical (unpaired) electrons. The lowest BCUT2D eigenvalue weighted by atomic mass is 10.1. The van der Waals surface area contributed by atoms with Gasteiger partial charge in [-0.2, -0.15) is 0 Å². The van der Waals surface area contributed by atoms with Gasteiger partial charge in [0.25, 0.3) is 9.68 Å². The van der Waals surface area contributed by atoms with Crippen LogP contribution in [-0.2, 0) is 3.79 Å². The third-order valence-corrected chi connectivity index (χ3v) is 4.17. The first-order valence-electron chi connectivity index (χ1n) is 7.58. The van der Waals surface area contributed by atoms with Crippen LogP contribution in [-0.4, -0.2) is 17.0 Å². The number of hydrogen-bond acceptors (Lipinski definition) is 5. The molecule has 0 unspecified atom stereocenters. The highest BCUT2D eigenvalue weighted by Crippen LogP contribution is 2.38. The molecule has 4 rings (SSSR count). The summed E-state index contributed by atoms with van der Waals surface area (Å²) >= 11 is 17.2. The molecule has 1 aromatic heterocycles. The molecule has 0 spiro atoms. The Bertz CT molecular complexity index is 963. The lowest BCUT2D eigenvalue weighted by molar-refractivity contribution is 0.174. The van der Waals surface area contributed by atoms with Gasteiger partial charge in [-0.05, 0) is 35.4 Å². The molecule has 132 valence electrons. The highest BCUT2D eigenvalue weighted by atomic mass is 35.6. The van der Waals surface area contributed by atoms with Crippen molar-refractivity contribution in [2.75, 3.05) is 6.79 Å². The van der Waals surface area contributed by atoms with Crippen molar-refractivity contribution in [1.82, 2.24) is 10.2 Å². The zero-order valence-electron chi connectivity index (χ0n) is 13.2. The van der Waals surface area contributed by atoms with Gasteiger partial charge in [-0.25, -0.2) is 0 Å². The number of aromatic nitrogens is 2. The van der Waals surface area contributed by atoms with E-state index in [1.165, 1.54) is 0 Å². The summed E-state index contributed by atoms with van der Waals surface area (Å²) in [6.45, 7) is 0.264. The number of fused-ring (bicyclic) bond motifs is 1. The first-order chi connectivity index (χ1) is 12.5. The van der Waals surface area contributed by atoms with Gasteiger partial charge in [0.2, 0.25) is 12.7 Å². The molecule has 0 atom stereocenters. The molecule has 0 saturated heterocycles. The van der Waals surface area contributed by atoms with Gasteiger partial charge >= 0.3 is 0 Å². The minimum Gasteiger partial charge on any atom is -0.454 e. The number of benzene rings is 2. The minimum atomic E-state index is -1.74. The molecule has 2 heterocycles. The predicted octanol–water partition coefficient (Wildman–Crippen LogP) is 5.46. The van der Waals surface area contributed by atoms with Crippen LogP contribution in [0.1, 0.15) is 17.0 Å². The summed E-state index contributed by atoms with van der Waals surface area (Å²) in [5, 5.41) is 7.64. The fourth-order valence-electron chi connectivity index (χ4n) is 2.40. The number of rotatable bonds is 3. The first-order valence-corrected chi connectivity index (χ1v) is 8.71. The standard InChI is InChI=1S/C18H11Cl3N2O3/c19-18(20,21)17-23-22-16(26-17)13-6-3-11(4-7-13)1-2-12-5-8-14-15(9-12)25-10-24-14/h1-9H,10H2/b2-1+. The van der Waals surface area contributed by atoms with Crippen LogP contribution in [0.25, 0.3) is 23.6 Å². The molecular weight excluding hydrogens is 399 g/mol. The highest BCUT2D eigenvalue weighted by molar-refractivity contribution is 6.66. The Kier molecular flexibility index (Phi) is 4.53. The van der Waals surface area contributed by atoms with Crippen molar-refractivity contribution >= 4 is 47.0 Å². The first kappa shape index (κ1) is 17.2. The van der Waals surface area contributed by atoms with Gasteiger partial charge in [-0.1, -0.05) is 65.2 Å². The summed E-state index contributed by atoms with van der Waals surface area (Å²) in [7, 11) is 0. The molecule has 0 bridgehead atoms. The Balaban J connectivity index is 1.50. The summed E-state index contributed by atoms with van der Waals surface area (Å²) < 4.78 is 14.3. The van der Waals surface area contributed by atoms with Gasteiger partial charge in [-0.3, -0.25) is 0 Å². The summed E-state index contributed by atoms with van der Waals surface area (Å²) in [6.07, 6.45) is 3.98. The maximum atomic E-state index is 5.73. The van der Waals surface area contributed by atoms with Crippen LogP contribution in [0, 0.1) is 0 Å². The fourth-order valence-corrected chi connectivity index (χ4v) is 2.63. The second-order valence-electron chi connectivity index (χ2n) is 5.48. The van der Waals surface area contributed by atoms with E-state index in [4.69, 9.17) is 48.7 Å². The van der Waals surface area contributed by atoms with Crippen molar-refractivity contribution in [3.8, 4) is 23.0 Å². The lowest BCUT2D eigenvalue weighted by Gasteiger charge is -2.02. The quantitative estimate of drug-likeness (QED) is 0.424. The topological polar surface area (TPSA) is 57.4 Å². The number of hydrogen-bond donors (Lipinski definition) is 0. The van der Waals surface area contributed by atoms with Crippen LogP contribution in [0.2, 0.25) is 0 Å². The number of halogens is 3. The summed E-state index contributed by atoms with van der Waals surface area (Å²) in [4.78, 5) is 0. The Morgan fingerprint density at radius 1 is 0.846 bits per heavy atom. The molecule has 3 aromatic rings. The smallest absolute Gasteiger partial charge is 0.268 e. The van der Waals surface area contributed by atoms with E-state index in [-0.39, 0.29) is 18.6 Å². The minimum absolute atomic E-state index is 0.0655. The van der Waals surface area contributed by atoms with Crippen molar-refractivity contribution < 1.29 is 13.9 Å². The van der Waals surface area contributed by atoms with E-state index in [9.17, 15) is 0 Å². The Morgan fingerprint density at radius 2 is 1.54 bits per heavy atom. The van der Waals surface area contributed by atoms with Crippen molar-refractivity contribution in [2.45, 2.75) is 3.79 Å². The fraction of sp³-hybridized carbons (Fsp3) is 0.111. The number of nitrogens with zero attached hydrogens (tertiary/aromatic N) is 2. The average molecular weight is 410 g/mol. The normalized spacial score (nSPS) is 13.5. The van der Waals surface area contributed by atoms with E-state index in [1.807, 2.05) is 54.6 Å². The third kappa shape index (κ3) is 3.65. The highest BCUT2D eigenvalue weighted by Gasteiger charge is 2.30. The maximum Gasteiger partial charge on any atom is 0.268 e. The number of ether oxygens (including phenoxy) is 2. The van der Waals surface area contributed by atoms with Crippen LogP contribution in [0.5, 0.6) is 11.5 Å². The molecule has 0 N–H and O–H groups in total. The Labute approximate surface area is 164 Å². The van der Waals surface area contributed by atoms with Crippen molar-refractivity contribution in [3.63, 3.8) is 0 Å². The summed E-state index contributed by atoms with van der Waals surface area (Å²) in [6, 6.07) is 13.4.